The average molecular weight is 601 g/mol. The topological polar surface area (TPSA) is 9.23 Å². The predicted molar refractivity (Wildman–Crippen MR) is 191 cm³/mol. The number of hydrogen-bond donors (Lipinski definition) is 0. The molecule has 0 saturated heterocycles. The van der Waals surface area contributed by atoms with Crippen LogP contribution in [0.3, 0.4) is 0 Å². The highest BCUT2D eigenvalue weighted by molar-refractivity contribution is 5.97. The smallest absolute Gasteiger partial charge is 0.140 e. The summed E-state index contributed by atoms with van der Waals surface area (Å²) in [7, 11) is 0. The van der Waals surface area contributed by atoms with Crippen molar-refractivity contribution in [1.29, 1.82) is 0 Å². The quantitative estimate of drug-likeness (QED) is 0.192. The van der Waals surface area contributed by atoms with Crippen LogP contribution in [0.4, 0.5) is 0 Å². The van der Waals surface area contributed by atoms with Crippen LogP contribution in [-0.2, 0) is 10.8 Å². The minimum atomic E-state index is -0.494. The van der Waals surface area contributed by atoms with Crippen molar-refractivity contribution in [2.24, 2.45) is 0 Å². The SMILES string of the molecule is Cc1cc(-c2cccc3c2-c2ccccc2C3(C)c2ccccc2)c2c(c1)C1(c3ccccc3O2)c2ccccc2-c2ccccc21. The Hall–Kier alpha value is -5.66. The predicted octanol–water partition coefficient (Wildman–Crippen LogP) is 11.5. The summed E-state index contributed by atoms with van der Waals surface area (Å²) in [5, 5.41) is 0. The third-order valence-electron chi connectivity index (χ3n) is 11.1. The van der Waals surface area contributed by atoms with Gasteiger partial charge in [0.05, 0.1) is 5.41 Å². The van der Waals surface area contributed by atoms with Gasteiger partial charge in [0.25, 0.3) is 0 Å². The molecule has 0 bridgehead atoms. The lowest BCUT2D eigenvalue weighted by molar-refractivity contribution is 0.438. The summed E-state index contributed by atoms with van der Waals surface area (Å²) in [6.45, 7) is 4.62. The first-order chi connectivity index (χ1) is 23.1. The lowest BCUT2D eigenvalue weighted by Gasteiger charge is -2.40. The van der Waals surface area contributed by atoms with Gasteiger partial charge < -0.3 is 4.74 Å². The molecule has 7 aromatic rings. The zero-order chi connectivity index (χ0) is 31.3. The van der Waals surface area contributed by atoms with Crippen LogP contribution < -0.4 is 4.74 Å². The molecule has 0 radical (unpaired) electrons. The lowest BCUT2D eigenvalue weighted by atomic mass is 9.65. The van der Waals surface area contributed by atoms with Crippen LogP contribution in [0.2, 0.25) is 0 Å². The van der Waals surface area contributed by atoms with Crippen molar-refractivity contribution in [3.8, 4) is 44.9 Å². The molecule has 1 unspecified atom stereocenters. The highest BCUT2D eigenvalue weighted by Gasteiger charge is 2.52. The van der Waals surface area contributed by atoms with Crippen LogP contribution in [0.5, 0.6) is 11.5 Å². The first kappa shape index (κ1) is 26.5. The summed E-state index contributed by atoms with van der Waals surface area (Å²) in [6, 6.07) is 58.1. The molecule has 2 aliphatic carbocycles. The van der Waals surface area contributed by atoms with Crippen LogP contribution in [0, 0.1) is 6.92 Å². The second-order valence-corrected chi connectivity index (χ2v) is 13.4. The molecule has 0 fully saturated rings. The minimum Gasteiger partial charge on any atom is -0.456 e. The highest BCUT2D eigenvalue weighted by Crippen LogP contribution is 2.64. The second-order valence-electron chi connectivity index (χ2n) is 13.4. The second kappa shape index (κ2) is 9.44. The molecule has 47 heavy (non-hydrogen) atoms. The van der Waals surface area contributed by atoms with E-state index in [0.717, 1.165) is 17.1 Å². The molecule has 0 N–H and O–H groups in total. The van der Waals surface area contributed by atoms with Crippen molar-refractivity contribution in [3.63, 3.8) is 0 Å². The summed E-state index contributed by atoms with van der Waals surface area (Å²) in [4.78, 5) is 0. The van der Waals surface area contributed by atoms with Gasteiger partial charge in [-0.1, -0.05) is 146 Å². The summed E-state index contributed by atoms with van der Waals surface area (Å²) >= 11 is 0. The van der Waals surface area contributed by atoms with Crippen LogP contribution in [0.15, 0.2) is 158 Å². The fourth-order valence-corrected chi connectivity index (χ4v) is 9.15. The molecule has 0 aromatic heterocycles. The molecule has 1 atom stereocenters. The van der Waals surface area contributed by atoms with Crippen LogP contribution in [0.25, 0.3) is 33.4 Å². The Morgan fingerprint density at radius 2 is 0.979 bits per heavy atom. The fraction of sp³-hybridized carbons (Fsp3) is 0.0870. The Balaban J connectivity index is 1.32. The minimum absolute atomic E-state index is 0.273. The van der Waals surface area contributed by atoms with E-state index < -0.39 is 5.41 Å². The molecule has 1 spiro atoms. The summed E-state index contributed by atoms with van der Waals surface area (Å²) < 4.78 is 7.12. The van der Waals surface area contributed by atoms with Crippen molar-refractivity contribution in [1.82, 2.24) is 0 Å². The Bertz CT molecular complexity index is 2370. The largest absolute Gasteiger partial charge is 0.456 e. The van der Waals surface area contributed by atoms with E-state index >= 15 is 0 Å². The Labute approximate surface area is 275 Å². The summed E-state index contributed by atoms with van der Waals surface area (Å²) in [6.07, 6.45) is 0. The van der Waals surface area contributed by atoms with Crippen LogP contribution in [0.1, 0.15) is 51.4 Å². The average Bonchev–Trinajstić information content (AvgIpc) is 3.57. The zero-order valence-electron chi connectivity index (χ0n) is 26.4. The fourth-order valence-electron chi connectivity index (χ4n) is 9.15. The molecule has 1 heterocycles. The number of para-hydroxylation sites is 1. The molecule has 10 rings (SSSR count). The van der Waals surface area contributed by atoms with Crippen molar-refractivity contribution >= 4 is 0 Å². The molecule has 3 aliphatic rings. The Morgan fingerprint density at radius 1 is 0.426 bits per heavy atom. The summed E-state index contributed by atoms with van der Waals surface area (Å²) in [5.74, 6) is 1.86. The lowest BCUT2D eigenvalue weighted by Crippen LogP contribution is -2.32. The molecule has 0 amide bonds. The maximum atomic E-state index is 7.12. The van der Waals surface area contributed by atoms with E-state index in [9.17, 15) is 0 Å². The Kier molecular flexibility index (Phi) is 5.33. The van der Waals surface area contributed by atoms with E-state index in [2.05, 4.69) is 172 Å². The standard InChI is InChI=1S/C46H32O/c1-29-27-35(33-20-14-25-40-43(33)34-19-8-9-21-36(34)45(40,2)30-15-4-3-5-16-30)44-41(28-29)46(39-24-12-13-26-42(39)47-44)37-22-10-6-17-31(37)32-18-7-11-23-38(32)46/h3-28H,1-2H3. The molecule has 1 nitrogen and oxygen atoms in total. The van der Waals surface area contributed by atoms with Crippen LogP contribution >= 0.6 is 0 Å². The van der Waals surface area contributed by atoms with Gasteiger partial charge in [-0.3, -0.25) is 0 Å². The number of aryl methyl sites for hydroxylation is 1. The zero-order valence-corrected chi connectivity index (χ0v) is 26.4. The molecular weight excluding hydrogens is 569 g/mol. The van der Waals surface area contributed by atoms with E-state index in [4.69, 9.17) is 4.74 Å². The number of benzene rings is 7. The van der Waals surface area contributed by atoms with Gasteiger partial charge >= 0.3 is 0 Å². The molecular formula is C46H32O. The van der Waals surface area contributed by atoms with Gasteiger partial charge in [-0.15, -0.1) is 0 Å². The molecule has 1 aliphatic heterocycles. The Morgan fingerprint density at radius 3 is 1.70 bits per heavy atom. The van der Waals surface area contributed by atoms with E-state index in [1.165, 1.54) is 72.3 Å². The summed E-state index contributed by atoms with van der Waals surface area (Å²) in [5.41, 5.74) is 17.0. The van der Waals surface area contributed by atoms with Gasteiger partial charge in [0.15, 0.2) is 0 Å². The van der Waals surface area contributed by atoms with Gasteiger partial charge in [0.1, 0.15) is 11.5 Å². The van der Waals surface area contributed by atoms with Gasteiger partial charge in [0.2, 0.25) is 0 Å². The molecule has 222 valence electrons. The van der Waals surface area contributed by atoms with Crippen molar-refractivity contribution in [2.75, 3.05) is 0 Å². The third-order valence-corrected chi connectivity index (χ3v) is 11.1. The van der Waals surface area contributed by atoms with Crippen molar-refractivity contribution < 1.29 is 4.74 Å². The van der Waals surface area contributed by atoms with E-state index in [1.54, 1.807) is 0 Å². The van der Waals surface area contributed by atoms with Crippen LogP contribution in [-0.4, -0.2) is 0 Å². The number of fused-ring (bicyclic) bond motifs is 12. The highest BCUT2D eigenvalue weighted by atomic mass is 16.5. The monoisotopic (exact) mass is 600 g/mol. The number of ether oxygens (including phenoxy) is 1. The van der Waals surface area contributed by atoms with E-state index in [0.29, 0.717) is 0 Å². The molecule has 7 aromatic carbocycles. The molecule has 0 saturated carbocycles. The molecule has 1 heteroatoms. The maximum absolute atomic E-state index is 7.12. The number of rotatable bonds is 2. The van der Waals surface area contributed by atoms with Gasteiger partial charge in [-0.2, -0.15) is 0 Å². The first-order valence-electron chi connectivity index (χ1n) is 16.5. The van der Waals surface area contributed by atoms with Crippen molar-refractivity contribution in [2.45, 2.75) is 24.7 Å². The third kappa shape index (κ3) is 3.29. The normalized spacial score (nSPS) is 17.1. The first-order valence-corrected chi connectivity index (χ1v) is 16.5. The van der Waals surface area contributed by atoms with E-state index in [1.807, 2.05) is 0 Å². The number of hydrogen-bond acceptors (Lipinski definition) is 1. The van der Waals surface area contributed by atoms with Gasteiger partial charge in [-0.25, -0.2) is 0 Å². The van der Waals surface area contributed by atoms with Gasteiger partial charge in [-0.05, 0) is 87.2 Å². The van der Waals surface area contributed by atoms with Gasteiger partial charge in [0, 0.05) is 22.1 Å². The van der Waals surface area contributed by atoms with E-state index in [-0.39, 0.29) is 5.41 Å². The van der Waals surface area contributed by atoms with Crippen molar-refractivity contribution in [3.05, 3.63) is 202 Å². The maximum Gasteiger partial charge on any atom is 0.140 e.